The summed E-state index contributed by atoms with van der Waals surface area (Å²) in [6.07, 6.45) is 0. The lowest BCUT2D eigenvalue weighted by Crippen LogP contribution is -2.56. The summed E-state index contributed by atoms with van der Waals surface area (Å²) >= 11 is 0. The van der Waals surface area contributed by atoms with Gasteiger partial charge in [0, 0.05) is 31.2 Å². The molecular formula is C15H22N2O. The van der Waals surface area contributed by atoms with E-state index in [-0.39, 0.29) is 5.54 Å². The predicted molar refractivity (Wildman–Crippen MR) is 72.5 cm³/mol. The van der Waals surface area contributed by atoms with Crippen LogP contribution in [0.5, 0.6) is 0 Å². The molecule has 1 atom stereocenters. The summed E-state index contributed by atoms with van der Waals surface area (Å²) < 4.78 is 5.63. The Hall–Kier alpha value is -0.900. The number of nitrogens with zero attached hydrogens (tertiary/aromatic N) is 1. The van der Waals surface area contributed by atoms with Gasteiger partial charge in [-0.15, -0.1) is 0 Å². The van der Waals surface area contributed by atoms with Crippen molar-refractivity contribution in [2.45, 2.75) is 32.0 Å². The summed E-state index contributed by atoms with van der Waals surface area (Å²) in [6.45, 7) is 9.30. The van der Waals surface area contributed by atoms with Crippen molar-refractivity contribution in [3.05, 3.63) is 35.4 Å². The van der Waals surface area contributed by atoms with Crippen LogP contribution in [0.2, 0.25) is 0 Å². The molecular weight excluding hydrogens is 224 g/mol. The summed E-state index contributed by atoms with van der Waals surface area (Å²) in [5.74, 6) is 0. The van der Waals surface area contributed by atoms with Crippen molar-refractivity contribution in [2.24, 2.45) is 0 Å². The largest absolute Gasteiger partial charge is 0.378 e. The first kappa shape index (κ1) is 12.2. The maximum absolute atomic E-state index is 5.63. The van der Waals surface area contributed by atoms with Crippen molar-refractivity contribution < 1.29 is 4.74 Å². The third kappa shape index (κ3) is 2.07. The molecule has 1 fully saturated rings. The molecule has 2 aliphatic rings. The zero-order valence-corrected chi connectivity index (χ0v) is 11.3. The standard InChI is InChI=1S/C15H22N2O/c1-15(2)11-18-8-7-17(15)14-10-16-9-12-5-3-4-6-13(12)14/h3-6,14,16H,7-11H2,1-2H3. The summed E-state index contributed by atoms with van der Waals surface area (Å²) in [7, 11) is 0. The van der Waals surface area contributed by atoms with E-state index in [0.29, 0.717) is 6.04 Å². The van der Waals surface area contributed by atoms with Crippen LogP contribution < -0.4 is 5.32 Å². The molecule has 2 aliphatic heterocycles. The first-order chi connectivity index (χ1) is 8.68. The topological polar surface area (TPSA) is 24.5 Å². The summed E-state index contributed by atoms with van der Waals surface area (Å²) in [4.78, 5) is 2.60. The lowest BCUT2D eigenvalue weighted by molar-refractivity contribution is -0.0738. The molecule has 1 aromatic rings. The molecule has 1 unspecified atom stereocenters. The molecule has 3 heteroatoms. The highest BCUT2D eigenvalue weighted by atomic mass is 16.5. The fourth-order valence-corrected chi connectivity index (χ4v) is 3.20. The number of rotatable bonds is 1. The Balaban J connectivity index is 1.93. The van der Waals surface area contributed by atoms with E-state index in [0.717, 1.165) is 32.8 Å². The van der Waals surface area contributed by atoms with Crippen molar-refractivity contribution in [1.29, 1.82) is 0 Å². The van der Waals surface area contributed by atoms with Crippen LogP contribution in [0.4, 0.5) is 0 Å². The predicted octanol–water partition coefficient (Wildman–Crippen LogP) is 1.94. The molecule has 0 amide bonds. The van der Waals surface area contributed by atoms with E-state index in [1.165, 1.54) is 11.1 Å². The monoisotopic (exact) mass is 246 g/mol. The van der Waals surface area contributed by atoms with Gasteiger partial charge in [0.15, 0.2) is 0 Å². The molecule has 0 bridgehead atoms. The average Bonchev–Trinajstić information content (AvgIpc) is 2.38. The molecule has 3 nitrogen and oxygen atoms in total. The highest BCUT2D eigenvalue weighted by molar-refractivity contribution is 5.32. The lowest BCUT2D eigenvalue weighted by Gasteiger charge is -2.48. The van der Waals surface area contributed by atoms with Gasteiger partial charge in [-0.3, -0.25) is 4.90 Å². The van der Waals surface area contributed by atoms with Crippen LogP contribution >= 0.6 is 0 Å². The fourth-order valence-electron chi connectivity index (χ4n) is 3.20. The number of morpholine rings is 1. The molecule has 98 valence electrons. The van der Waals surface area contributed by atoms with Crippen LogP contribution in [0.15, 0.2) is 24.3 Å². The van der Waals surface area contributed by atoms with E-state index in [4.69, 9.17) is 4.74 Å². The summed E-state index contributed by atoms with van der Waals surface area (Å²) in [5, 5.41) is 3.54. The van der Waals surface area contributed by atoms with Gasteiger partial charge in [-0.05, 0) is 25.0 Å². The summed E-state index contributed by atoms with van der Waals surface area (Å²) in [6, 6.07) is 9.29. The van der Waals surface area contributed by atoms with E-state index in [1.54, 1.807) is 0 Å². The highest BCUT2D eigenvalue weighted by Crippen LogP contribution is 2.33. The Labute approximate surface area is 109 Å². The zero-order valence-electron chi connectivity index (χ0n) is 11.3. The van der Waals surface area contributed by atoms with Gasteiger partial charge < -0.3 is 10.1 Å². The third-order valence-corrected chi connectivity index (χ3v) is 4.15. The van der Waals surface area contributed by atoms with Gasteiger partial charge >= 0.3 is 0 Å². The summed E-state index contributed by atoms with van der Waals surface area (Å²) in [5.41, 5.74) is 3.05. The smallest absolute Gasteiger partial charge is 0.0645 e. The number of nitrogens with one attached hydrogen (secondary N) is 1. The van der Waals surface area contributed by atoms with E-state index in [1.807, 2.05) is 0 Å². The number of hydrogen-bond acceptors (Lipinski definition) is 3. The first-order valence-corrected chi connectivity index (χ1v) is 6.81. The molecule has 18 heavy (non-hydrogen) atoms. The number of benzene rings is 1. The fraction of sp³-hybridized carbons (Fsp3) is 0.600. The normalized spacial score (nSPS) is 27.8. The molecule has 0 radical (unpaired) electrons. The van der Waals surface area contributed by atoms with Crippen molar-refractivity contribution in [1.82, 2.24) is 10.2 Å². The maximum atomic E-state index is 5.63. The number of ether oxygens (including phenoxy) is 1. The minimum absolute atomic E-state index is 0.120. The lowest BCUT2D eigenvalue weighted by atomic mass is 9.91. The minimum Gasteiger partial charge on any atom is -0.378 e. The number of fused-ring (bicyclic) bond motifs is 1. The minimum atomic E-state index is 0.120. The average molecular weight is 246 g/mol. The van der Waals surface area contributed by atoms with Crippen LogP contribution in [0.25, 0.3) is 0 Å². The molecule has 0 spiro atoms. The molecule has 0 aromatic heterocycles. The van der Waals surface area contributed by atoms with Gasteiger partial charge in [-0.1, -0.05) is 24.3 Å². The SMILES string of the molecule is CC1(C)COCCN1C1CNCc2ccccc21. The van der Waals surface area contributed by atoms with Crippen molar-refractivity contribution in [3.63, 3.8) is 0 Å². The van der Waals surface area contributed by atoms with Gasteiger partial charge in [0.1, 0.15) is 0 Å². The van der Waals surface area contributed by atoms with Crippen LogP contribution in [-0.4, -0.2) is 36.7 Å². The molecule has 2 heterocycles. The first-order valence-electron chi connectivity index (χ1n) is 6.81. The maximum Gasteiger partial charge on any atom is 0.0645 e. The van der Waals surface area contributed by atoms with E-state index in [2.05, 4.69) is 48.3 Å². The van der Waals surface area contributed by atoms with E-state index >= 15 is 0 Å². The van der Waals surface area contributed by atoms with Gasteiger partial charge in [0.05, 0.1) is 13.2 Å². The van der Waals surface area contributed by atoms with E-state index < -0.39 is 0 Å². The zero-order chi connectivity index (χ0) is 12.6. The van der Waals surface area contributed by atoms with Gasteiger partial charge in [-0.2, -0.15) is 0 Å². The molecule has 3 rings (SSSR count). The van der Waals surface area contributed by atoms with Crippen LogP contribution in [0, 0.1) is 0 Å². The van der Waals surface area contributed by atoms with Gasteiger partial charge in [-0.25, -0.2) is 0 Å². The second-order valence-electron chi connectivity index (χ2n) is 5.90. The van der Waals surface area contributed by atoms with E-state index in [9.17, 15) is 0 Å². The Morgan fingerprint density at radius 3 is 3.00 bits per heavy atom. The Kier molecular flexibility index (Phi) is 3.14. The quantitative estimate of drug-likeness (QED) is 0.819. The third-order valence-electron chi connectivity index (χ3n) is 4.15. The van der Waals surface area contributed by atoms with Crippen molar-refractivity contribution in [3.8, 4) is 0 Å². The van der Waals surface area contributed by atoms with Crippen LogP contribution in [0.1, 0.15) is 31.0 Å². The Bertz CT molecular complexity index is 430. The Morgan fingerprint density at radius 1 is 1.33 bits per heavy atom. The second-order valence-corrected chi connectivity index (χ2v) is 5.90. The van der Waals surface area contributed by atoms with Crippen LogP contribution in [0.3, 0.4) is 0 Å². The molecule has 1 aromatic carbocycles. The van der Waals surface area contributed by atoms with Crippen molar-refractivity contribution in [2.75, 3.05) is 26.3 Å². The second kappa shape index (κ2) is 4.65. The molecule has 1 saturated heterocycles. The van der Waals surface area contributed by atoms with Gasteiger partial charge in [0.2, 0.25) is 0 Å². The van der Waals surface area contributed by atoms with Gasteiger partial charge in [0.25, 0.3) is 0 Å². The number of hydrogen-bond donors (Lipinski definition) is 1. The molecule has 0 saturated carbocycles. The van der Waals surface area contributed by atoms with Crippen molar-refractivity contribution >= 4 is 0 Å². The molecule has 1 N–H and O–H groups in total. The molecule has 0 aliphatic carbocycles. The Morgan fingerprint density at radius 2 is 2.17 bits per heavy atom. The highest BCUT2D eigenvalue weighted by Gasteiger charge is 2.37. The van der Waals surface area contributed by atoms with Crippen LogP contribution in [-0.2, 0) is 11.3 Å².